The van der Waals surface area contributed by atoms with Crippen LogP contribution in [0.1, 0.15) is 37.8 Å². The van der Waals surface area contributed by atoms with Crippen LogP contribution in [0.4, 0.5) is 10.1 Å². The molecular formula is C37H42FN3O5S2. The lowest BCUT2D eigenvalue weighted by atomic mass is 10.0. The van der Waals surface area contributed by atoms with Gasteiger partial charge in [-0.15, -0.1) is 11.8 Å². The van der Waals surface area contributed by atoms with Gasteiger partial charge in [-0.2, -0.15) is 0 Å². The molecule has 0 unspecified atom stereocenters. The van der Waals surface area contributed by atoms with Gasteiger partial charge in [0.1, 0.15) is 24.2 Å². The lowest BCUT2D eigenvalue weighted by Crippen LogP contribution is -2.53. The van der Waals surface area contributed by atoms with E-state index in [9.17, 15) is 18.0 Å². The monoisotopic (exact) mass is 691 g/mol. The van der Waals surface area contributed by atoms with Crippen molar-refractivity contribution >= 4 is 39.3 Å². The minimum Gasteiger partial charge on any atom is -0.492 e. The molecule has 1 atom stereocenters. The molecule has 1 N–H and O–H groups in total. The van der Waals surface area contributed by atoms with Crippen LogP contribution in [0.3, 0.4) is 0 Å². The molecule has 254 valence electrons. The number of carbonyl (C=O) groups is 2. The number of nitrogens with one attached hydrogen (secondary N) is 1. The third kappa shape index (κ3) is 9.38. The van der Waals surface area contributed by atoms with Gasteiger partial charge in [0.15, 0.2) is 0 Å². The number of sulfonamides is 1. The first-order valence-electron chi connectivity index (χ1n) is 15.9. The SMILES string of the molecule is CCCCNC(=O)[C@H](Cc1ccccc1)N(Cc1ccccc1F)C(=O)CN(c1ccccc1OCC)S(=O)(=O)c1ccc(SC)cc1. The quantitative estimate of drug-likeness (QED) is 0.0979. The summed E-state index contributed by atoms with van der Waals surface area (Å²) in [6.07, 6.45) is 3.62. The highest BCUT2D eigenvalue weighted by molar-refractivity contribution is 7.98. The maximum atomic E-state index is 15.1. The zero-order chi connectivity index (χ0) is 34.5. The Balaban J connectivity index is 1.83. The summed E-state index contributed by atoms with van der Waals surface area (Å²) in [5.41, 5.74) is 1.15. The molecule has 0 radical (unpaired) electrons. The molecule has 8 nitrogen and oxygen atoms in total. The number of ether oxygens (including phenoxy) is 1. The molecule has 0 saturated heterocycles. The van der Waals surface area contributed by atoms with Crippen LogP contribution >= 0.6 is 11.8 Å². The van der Waals surface area contributed by atoms with Crippen molar-refractivity contribution in [2.75, 3.05) is 30.3 Å². The molecular weight excluding hydrogens is 650 g/mol. The summed E-state index contributed by atoms with van der Waals surface area (Å²) in [6.45, 7) is 3.52. The summed E-state index contributed by atoms with van der Waals surface area (Å²) in [5.74, 6) is -1.36. The minimum atomic E-state index is -4.33. The number of thioether (sulfide) groups is 1. The lowest BCUT2D eigenvalue weighted by molar-refractivity contribution is -0.140. The molecule has 11 heteroatoms. The zero-order valence-electron chi connectivity index (χ0n) is 27.5. The highest BCUT2D eigenvalue weighted by atomic mass is 32.2. The standard InChI is InChI=1S/C37H42FN3O5S2/c1-4-6-24-39-37(43)34(25-28-14-8-7-9-15-28)40(26-29-16-10-11-17-32(29)38)36(42)27-41(33-18-12-13-19-35(33)46-5-2)48(44,45)31-22-20-30(47-3)21-23-31/h7-23,34H,4-6,24-27H2,1-3H3,(H,39,43)/t34-/m0/s1. The maximum Gasteiger partial charge on any atom is 0.264 e. The molecule has 0 aliphatic rings. The number of unbranched alkanes of at least 4 members (excludes halogenated alkanes) is 1. The van der Waals surface area contributed by atoms with Crippen LogP contribution in [0.2, 0.25) is 0 Å². The Kier molecular flexibility index (Phi) is 13.5. The molecule has 0 aliphatic heterocycles. The smallest absolute Gasteiger partial charge is 0.264 e. The molecule has 0 bridgehead atoms. The van der Waals surface area contributed by atoms with Crippen molar-refractivity contribution in [1.82, 2.24) is 10.2 Å². The second-order valence-corrected chi connectivity index (χ2v) is 13.8. The molecule has 0 spiro atoms. The van der Waals surface area contributed by atoms with Gasteiger partial charge in [0.2, 0.25) is 11.8 Å². The summed E-state index contributed by atoms with van der Waals surface area (Å²) in [5, 5.41) is 2.94. The van der Waals surface area contributed by atoms with Crippen LogP contribution in [-0.4, -0.2) is 57.1 Å². The number of carbonyl (C=O) groups excluding carboxylic acids is 2. The second-order valence-electron chi connectivity index (χ2n) is 11.1. The number of hydrogen-bond acceptors (Lipinski definition) is 6. The van der Waals surface area contributed by atoms with Crippen molar-refractivity contribution in [2.45, 2.75) is 55.5 Å². The van der Waals surface area contributed by atoms with Crippen molar-refractivity contribution < 1.29 is 27.1 Å². The van der Waals surface area contributed by atoms with Gasteiger partial charge >= 0.3 is 0 Å². The van der Waals surface area contributed by atoms with Crippen LogP contribution < -0.4 is 14.4 Å². The van der Waals surface area contributed by atoms with Crippen LogP contribution in [0.25, 0.3) is 0 Å². The lowest BCUT2D eigenvalue weighted by Gasteiger charge is -2.34. The fourth-order valence-corrected chi connectivity index (χ4v) is 7.03. The van der Waals surface area contributed by atoms with E-state index in [2.05, 4.69) is 5.32 Å². The minimum absolute atomic E-state index is 0.0156. The van der Waals surface area contributed by atoms with E-state index in [0.717, 1.165) is 27.6 Å². The van der Waals surface area contributed by atoms with Crippen molar-refractivity contribution in [3.63, 3.8) is 0 Å². The van der Waals surface area contributed by atoms with Gasteiger partial charge in [0.25, 0.3) is 10.0 Å². The van der Waals surface area contributed by atoms with Crippen molar-refractivity contribution in [2.24, 2.45) is 0 Å². The van der Waals surface area contributed by atoms with Crippen molar-refractivity contribution in [1.29, 1.82) is 0 Å². The highest BCUT2D eigenvalue weighted by Gasteiger charge is 2.35. The van der Waals surface area contributed by atoms with E-state index in [0.29, 0.717) is 6.54 Å². The van der Waals surface area contributed by atoms with Gasteiger partial charge in [-0.05, 0) is 67.6 Å². The number of hydrogen-bond donors (Lipinski definition) is 1. The topological polar surface area (TPSA) is 96.0 Å². The number of amides is 2. The Labute approximate surface area is 287 Å². The summed E-state index contributed by atoms with van der Waals surface area (Å²) >= 11 is 1.47. The van der Waals surface area contributed by atoms with Crippen LogP contribution in [0.15, 0.2) is 113 Å². The summed E-state index contributed by atoms with van der Waals surface area (Å²) in [7, 11) is -4.33. The maximum absolute atomic E-state index is 15.1. The predicted octanol–water partition coefficient (Wildman–Crippen LogP) is 6.70. The van der Waals surface area contributed by atoms with Crippen molar-refractivity contribution in [3.05, 3.63) is 120 Å². The van der Waals surface area contributed by atoms with Gasteiger partial charge in [-0.25, -0.2) is 12.8 Å². The Morgan fingerprint density at radius 3 is 2.23 bits per heavy atom. The van der Waals surface area contributed by atoms with Crippen molar-refractivity contribution in [3.8, 4) is 5.75 Å². The number of halogens is 1. The fraction of sp³-hybridized carbons (Fsp3) is 0.297. The zero-order valence-corrected chi connectivity index (χ0v) is 29.1. The first kappa shape index (κ1) is 36.5. The Morgan fingerprint density at radius 1 is 0.896 bits per heavy atom. The van der Waals surface area contributed by atoms with E-state index in [1.165, 1.54) is 34.9 Å². The van der Waals surface area contributed by atoms with E-state index >= 15 is 4.39 Å². The third-order valence-corrected chi connectivity index (χ3v) is 10.3. The largest absolute Gasteiger partial charge is 0.492 e. The number of anilines is 1. The second kappa shape index (κ2) is 17.7. The molecule has 48 heavy (non-hydrogen) atoms. The summed E-state index contributed by atoms with van der Waals surface area (Å²) in [4.78, 5) is 30.6. The molecule has 2 amide bonds. The number of nitrogens with zero attached hydrogens (tertiary/aromatic N) is 2. The van der Waals surface area contributed by atoms with E-state index in [1.807, 2.05) is 43.5 Å². The summed E-state index contributed by atoms with van der Waals surface area (Å²) in [6, 6.07) is 27.2. The van der Waals surface area contributed by atoms with Gasteiger partial charge < -0.3 is 15.0 Å². The molecule has 0 fully saturated rings. The fourth-order valence-electron chi connectivity index (χ4n) is 5.20. The van der Waals surface area contributed by atoms with Gasteiger partial charge in [-0.1, -0.05) is 74.0 Å². The summed E-state index contributed by atoms with van der Waals surface area (Å²) < 4.78 is 50.7. The first-order chi connectivity index (χ1) is 23.2. The highest BCUT2D eigenvalue weighted by Crippen LogP contribution is 2.33. The van der Waals surface area contributed by atoms with Crippen LogP contribution in [0.5, 0.6) is 5.75 Å². The van der Waals surface area contributed by atoms with E-state index in [1.54, 1.807) is 61.5 Å². The number of benzene rings is 4. The van der Waals surface area contributed by atoms with Crippen LogP contribution in [-0.2, 0) is 32.6 Å². The molecule has 0 heterocycles. The van der Waals surface area contributed by atoms with E-state index in [-0.39, 0.29) is 41.5 Å². The van der Waals surface area contributed by atoms with Gasteiger partial charge in [0.05, 0.1) is 17.2 Å². The van der Waals surface area contributed by atoms with Crippen LogP contribution in [0, 0.1) is 5.82 Å². The first-order valence-corrected chi connectivity index (χ1v) is 18.6. The number of para-hydroxylation sites is 2. The average Bonchev–Trinajstić information content (AvgIpc) is 3.10. The molecule has 4 aromatic carbocycles. The van der Waals surface area contributed by atoms with E-state index in [4.69, 9.17) is 4.74 Å². The average molecular weight is 692 g/mol. The van der Waals surface area contributed by atoms with E-state index < -0.39 is 40.2 Å². The Hall–Kier alpha value is -4.35. The molecule has 0 saturated carbocycles. The molecule has 4 rings (SSSR count). The normalized spacial score (nSPS) is 11.8. The Bertz CT molecular complexity index is 1750. The molecule has 4 aromatic rings. The van der Waals surface area contributed by atoms with Gasteiger partial charge in [-0.3, -0.25) is 13.9 Å². The number of rotatable bonds is 17. The molecule has 0 aromatic heterocycles. The van der Waals surface area contributed by atoms with Gasteiger partial charge in [0, 0.05) is 30.0 Å². The predicted molar refractivity (Wildman–Crippen MR) is 189 cm³/mol. The Morgan fingerprint density at radius 2 is 1.56 bits per heavy atom. The third-order valence-electron chi connectivity index (χ3n) is 7.76. The molecule has 0 aliphatic carbocycles.